The van der Waals surface area contributed by atoms with Crippen molar-refractivity contribution < 1.29 is 9.13 Å². The Labute approximate surface area is 109 Å². The van der Waals surface area contributed by atoms with Gasteiger partial charge in [0.25, 0.3) is 0 Å². The third kappa shape index (κ3) is 4.49. The van der Waals surface area contributed by atoms with Crippen LogP contribution in [0.4, 0.5) is 4.39 Å². The van der Waals surface area contributed by atoms with Crippen LogP contribution in [0.15, 0.2) is 30.9 Å². The third-order valence-electron chi connectivity index (χ3n) is 2.76. The van der Waals surface area contributed by atoms with Crippen LogP contribution in [0.2, 0.25) is 0 Å². The van der Waals surface area contributed by atoms with Gasteiger partial charge in [-0.1, -0.05) is 19.1 Å². The average Bonchev–Trinajstić information content (AvgIpc) is 2.35. The molecule has 1 unspecified atom stereocenters. The largest absolute Gasteiger partial charge is 0.493 e. The van der Waals surface area contributed by atoms with Gasteiger partial charge < -0.3 is 10.1 Å². The van der Waals surface area contributed by atoms with Crippen molar-refractivity contribution in [1.29, 1.82) is 0 Å². The van der Waals surface area contributed by atoms with Crippen LogP contribution in [0.25, 0.3) is 0 Å². The predicted octanol–water partition coefficient (Wildman–Crippen LogP) is 3.84. The van der Waals surface area contributed by atoms with E-state index in [0.717, 1.165) is 24.9 Å². The second-order valence-electron chi connectivity index (χ2n) is 4.24. The molecule has 0 amide bonds. The summed E-state index contributed by atoms with van der Waals surface area (Å²) in [4.78, 5) is 0. The van der Waals surface area contributed by atoms with Crippen LogP contribution in [-0.4, -0.2) is 13.2 Å². The quantitative estimate of drug-likeness (QED) is 0.560. The zero-order valence-electron chi connectivity index (χ0n) is 11.2. The van der Waals surface area contributed by atoms with E-state index < -0.39 is 0 Å². The number of halogens is 1. The summed E-state index contributed by atoms with van der Waals surface area (Å²) in [7, 11) is 0. The minimum absolute atomic E-state index is 0.157. The Hall–Kier alpha value is -1.35. The second-order valence-corrected chi connectivity index (χ2v) is 4.24. The number of ether oxygens (including phenoxy) is 1. The van der Waals surface area contributed by atoms with E-state index >= 15 is 0 Å². The van der Waals surface area contributed by atoms with E-state index in [1.54, 1.807) is 6.07 Å². The molecule has 0 radical (unpaired) electrons. The molecule has 0 fully saturated rings. The normalized spacial score (nSPS) is 12.2. The number of unbranched alkanes of at least 4 members (excludes halogenated alkanes) is 1. The van der Waals surface area contributed by atoms with E-state index in [9.17, 15) is 4.39 Å². The molecule has 0 aliphatic heterocycles. The zero-order valence-corrected chi connectivity index (χ0v) is 11.2. The van der Waals surface area contributed by atoms with Crippen molar-refractivity contribution in [3.63, 3.8) is 0 Å². The standard InChI is InChI=1S/C15H22FNO/c1-4-6-7-10-18-15-11-13(16)8-9-14(15)12(3)17-5-2/h4,8-9,11-12,17H,1,5-7,10H2,2-3H3. The summed E-state index contributed by atoms with van der Waals surface area (Å²) in [5.74, 6) is 0.369. The van der Waals surface area contributed by atoms with Gasteiger partial charge in [-0.05, 0) is 32.4 Å². The van der Waals surface area contributed by atoms with E-state index in [1.165, 1.54) is 12.1 Å². The van der Waals surface area contributed by atoms with E-state index in [2.05, 4.69) is 11.9 Å². The lowest BCUT2D eigenvalue weighted by Crippen LogP contribution is -2.18. The van der Waals surface area contributed by atoms with E-state index in [1.807, 2.05) is 19.9 Å². The molecule has 18 heavy (non-hydrogen) atoms. The molecule has 0 heterocycles. The van der Waals surface area contributed by atoms with Gasteiger partial charge in [0.05, 0.1) is 6.61 Å². The summed E-state index contributed by atoms with van der Waals surface area (Å²) in [6.45, 7) is 9.21. The van der Waals surface area contributed by atoms with Crippen molar-refractivity contribution in [1.82, 2.24) is 5.32 Å². The van der Waals surface area contributed by atoms with Crippen molar-refractivity contribution in [3.05, 3.63) is 42.2 Å². The number of nitrogens with one attached hydrogen (secondary N) is 1. The average molecular weight is 251 g/mol. The first-order valence-electron chi connectivity index (χ1n) is 6.45. The number of hydrogen-bond acceptors (Lipinski definition) is 2. The molecule has 0 aliphatic rings. The van der Waals surface area contributed by atoms with Crippen LogP contribution in [0, 0.1) is 5.82 Å². The molecule has 0 saturated heterocycles. The zero-order chi connectivity index (χ0) is 13.4. The van der Waals surface area contributed by atoms with Crippen LogP contribution in [0.5, 0.6) is 5.75 Å². The van der Waals surface area contributed by atoms with Crippen molar-refractivity contribution in [2.45, 2.75) is 32.7 Å². The Kier molecular flexibility index (Phi) is 6.44. The van der Waals surface area contributed by atoms with Gasteiger partial charge in [0, 0.05) is 17.7 Å². The highest BCUT2D eigenvalue weighted by Gasteiger charge is 2.11. The van der Waals surface area contributed by atoms with Gasteiger partial charge in [0.15, 0.2) is 0 Å². The Morgan fingerprint density at radius 3 is 2.94 bits per heavy atom. The first-order valence-corrected chi connectivity index (χ1v) is 6.45. The van der Waals surface area contributed by atoms with Crippen LogP contribution >= 0.6 is 0 Å². The molecule has 1 rings (SSSR count). The Bertz CT molecular complexity index is 379. The molecule has 1 aromatic carbocycles. The second kappa shape index (κ2) is 7.88. The Morgan fingerprint density at radius 2 is 2.28 bits per heavy atom. The molecule has 100 valence electrons. The minimum Gasteiger partial charge on any atom is -0.493 e. The molecule has 3 heteroatoms. The van der Waals surface area contributed by atoms with E-state index in [4.69, 9.17) is 4.74 Å². The van der Waals surface area contributed by atoms with E-state index in [-0.39, 0.29) is 11.9 Å². The van der Waals surface area contributed by atoms with Crippen LogP contribution in [-0.2, 0) is 0 Å². The molecule has 1 aromatic rings. The molecular weight excluding hydrogens is 229 g/mol. The number of hydrogen-bond donors (Lipinski definition) is 1. The highest BCUT2D eigenvalue weighted by Crippen LogP contribution is 2.26. The molecule has 2 nitrogen and oxygen atoms in total. The summed E-state index contributed by atoms with van der Waals surface area (Å²) in [6, 6.07) is 4.87. The maximum absolute atomic E-state index is 13.3. The summed E-state index contributed by atoms with van der Waals surface area (Å²) in [5.41, 5.74) is 0.997. The highest BCUT2D eigenvalue weighted by atomic mass is 19.1. The van der Waals surface area contributed by atoms with Gasteiger partial charge in [0.2, 0.25) is 0 Å². The molecule has 0 bridgehead atoms. The number of rotatable bonds is 8. The Balaban J connectivity index is 2.73. The molecule has 0 spiro atoms. The van der Waals surface area contributed by atoms with Gasteiger partial charge in [-0.15, -0.1) is 6.58 Å². The number of benzene rings is 1. The lowest BCUT2D eigenvalue weighted by molar-refractivity contribution is 0.304. The molecular formula is C15H22FNO. The fraction of sp³-hybridized carbons (Fsp3) is 0.467. The molecule has 0 aliphatic carbocycles. The molecule has 1 N–H and O–H groups in total. The smallest absolute Gasteiger partial charge is 0.126 e. The van der Waals surface area contributed by atoms with Gasteiger partial charge in [0.1, 0.15) is 11.6 Å². The lowest BCUT2D eigenvalue weighted by Gasteiger charge is -2.17. The fourth-order valence-electron chi connectivity index (χ4n) is 1.82. The summed E-state index contributed by atoms with van der Waals surface area (Å²) < 4.78 is 18.9. The first-order chi connectivity index (χ1) is 8.69. The van der Waals surface area contributed by atoms with Crippen LogP contribution in [0.1, 0.15) is 38.3 Å². The topological polar surface area (TPSA) is 21.3 Å². The lowest BCUT2D eigenvalue weighted by atomic mass is 10.1. The van der Waals surface area contributed by atoms with Crippen molar-refractivity contribution >= 4 is 0 Å². The third-order valence-corrected chi connectivity index (χ3v) is 2.76. The van der Waals surface area contributed by atoms with Gasteiger partial charge in [-0.25, -0.2) is 4.39 Å². The van der Waals surface area contributed by atoms with Crippen molar-refractivity contribution in [3.8, 4) is 5.75 Å². The minimum atomic E-state index is -0.263. The maximum Gasteiger partial charge on any atom is 0.126 e. The van der Waals surface area contributed by atoms with Crippen LogP contribution in [0.3, 0.4) is 0 Å². The van der Waals surface area contributed by atoms with Gasteiger partial charge in [-0.2, -0.15) is 0 Å². The summed E-state index contributed by atoms with van der Waals surface area (Å²) >= 11 is 0. The van der Waals surface area contributed by atoms with Gasteiger partial charge in [-0.3, -0.25) is 0 Å². The molecule has 0 aromatic heterocycles. The van der Waals surface area contributed by atoms with E-state index in [0.29, 0.717) is 12.4 Å². The van der Waals surface area contributed by atoms with Gasteiger partial charge >= 0.3 is 0 Å². The predicted molar refractivity (Wildman–Crippen MR) is 73.4 cm³/mol. The first kappa shape index (κ1) is 14.7. The monoisotopic (exact) mass is 251 g/mol. The maximum atomic E-state index is 13.3. The molecule has 0 saturated carbocycles. The SMILES string of the molecule is C=CCCCOc1cc(F)ccc1C(C)NCC. The summed E-state index contributed by atoms with van der Waals surface area (Å²) in [6.07, 6.45) is 3.67. The van der Waals surface area contributed by atoms with Crippen LogP contribution < -0.4 is 10.1 Å². The molecule has 1 atom stereocenters. The highest BCUT2D eigenvalue weighted by molar-refractivity contribution is 5.36. The Morgan fingerprint density at radius 1 is 1.50 bits per heavy atom. The summed E-state index contributed by atoms with van der Waals surface area (Å²) in [5, 5.41) is 3.30. The van der Waals surface area contributed by atoms with Crippen molar-refractivity contribution in [2.24, 2.45) is 0 Å². The number of allylic oxidation sites excluding steroid dienone is 1. The van der Waals surface area contributed by atoms with Crippen molar-refractivity contribution in [2.75, 3.05) is 13.2 Å². The fourth-order valence-corrected chi connectivity index (χ4v) is 1.82.